The van der Waals surface area contributed by atoms with Crippen LogP contribution in [0.25, 0.3) is 0 Å². The molecule has 0 fully saturated rings. The van der Waals surface area contributed by atoms with Gasteiger partial charge < -0.3 is 10.1 Å². The molecule has 0 saturated carbocycles. The number of benzene rings is 3. The van der Waals surface area contributed by atoms with E-state index in [2.05, 4.69) is 9.71 Å². The third-order valence-corrected chi connectivity index (χ3v) is 5.80. The van der Waals surface area contributed by atoms with Gasteiger partial charge in [0, 0.05) is 21.8 Å². The quantitative estimate of drug-likeness (QED) is 0.703. The van der Waals surface area contributed by atoms with Crippen molar-refractivity contribution < 1.29 is 13.2 Å². The van der Waals surface area contributed by atoms with Gasteiger partial charge in [0.15, 0.2) is 5.84 Å². The number of fused-ring (bicyclic) bond motifs is 1. The second-order valence-corrected chi connectivity index (χ2v) is 7.92. The summed E-state index contributed by atoms with van der Waals surface area (Å²) in [7, 11) is -3.64. The Kier molecular flexibility index (Phi) is 4.59. The van der Waals surface area contributed by atoms with Crippen LogP contribution in [-0.4, -0.2) is 14.3 Å². The predicted molar refractivity (Wildman–Crippen MR) is 106 cm³/mol. The van der Waals surface area contributed by atoms with Gasteiger partial charge in [0.1, 0.15) is 17.3 Å². The van der Waals surface area contributed by atoms with Gasteiger partial charge in [-0.3, -0.25) is 0 Å². The minimum absolute atomic E-state index is 0.215. The molecule has 0 bridgehead atoms. The van der Waals surface area contributed by atoms with Gasteiger partial charge in [-0.2, -0.15) is 8.42 Å². The smallest absolute Gasteiger partial charge is 0.285 e. The van der Waals surface area contributed by atoms with Crippen molar-refractivity contribution in [2.45, 2.75) is 11.5 Å². The Morgan fingerprint density at radius 1 is 0.926 bits per heavy atom. The van der Waals surface area contributed by atoms with E-state index in [1.165, 1.54) is 0 Å². The molecule has 0 aromatic heterocycles. The van der Waals surface area contributed by atoms with Crippen LogP contribution in [0.3, 0.4) is 0 Å². The van der Waals surface area contributed by atoms with E-state index in [9.17, 15) is 8.42 Å². The van der Waals surface area contributed by atoms with Crippen LogP contribution in [0, 0.1) is 0 Å². The van der Waals surface area contributed by atoms with Crippen molar-refractivity contribution in [1.29, 1.82) is 0 Å². The summed E-state index contributed by atoms with van der Waals surface area (Å²) < 4.78 is 33.8. The van der Waals surface area contributed by atoms with Crippen LogP contribution in [-0.2, 0) is 16.6 Å². The van der Waals surface area contributed by atoms with Crippen molar-refractivity contribution in [3.8, 4) is 5.75 Å². The lowest BCUT2D eigenvalue weighted by molar-refractivity contribution is 0.306. The molecule has 0 radical (unpaired) electrons. The lowest BCUT2D eigenvalue weighted by Gasteiger charge is -2.10. The molecule has 3 aromatic carbocycles. The second kappa shape index (κ2) is 7.06. The van der Waals surface area contributed by atoms with E-state index in [1.54, 1.807) is 48.5 Å². The maximum absolute atomic E-state index is 12.1. The highest BCUT2D eigenvalue weighted by atomic mass is 35.5. The SMILES string of the molecule is O=S1(=O)N=C(Nc2ccc(OCc3ccccc3Cl)cc2)c2ccccc21. The van der Waals surface area contributed by atoms with E-state index in [-0.39, 0.29) is 4.90 Å². The molecule has 5 nitrogen and oxygen atoms in total. The third-order valence-electron chi connectivity index (χ3n) is 4.10. The van der Waals surface area contributed by atoms with E-state index >= 15 is 0 Å². The summed E-state index contributed by atoms with van der Waals surface area (Å²) in [4.78, 5) is 0.215. The lowest BCUT2D eigenvalue weighted by atomic mass is 10.2. The summed E-state index contributed by atoms with van der Waals surface area (Å²) in [5, 5.41) is 3.72. The van der Waals surface area contributed by atoms with Gasteiger partial charge in [-0.1, -0.05) is 41.9 Å². The summed E-state index contributed by atoms with van der Waals surface area (Å²) in [6.07, 6.45) is 0. The van der Waals surface area contributed by atoms with Crippen LogP contribution in [0.2, 0.25) is 5.02 Å². The van der Waals surface area contributed by atoms with E-state index in [0.29, 0.717) is 34.5 Å². The fourth-order valence-electron chi connectivity index (χ4n) is 2.74. The van der Waals surface area contributed by atoms with Crippen LogP contribution in [0.4, 0.5) is 5.69 Å². The average Bonchev–Trinajstić information content (AvgIpc) is 2.93. The first-order valence-corrected chi connectivity index (χ1v) is 10.0. The predicted octanol–water partition coefficient (Wildman–Crippen LogP) is 4.48. The van der Waals surface area contributed by atoms with E-state index in [0.717, 1.165) is 5.56 Å². The normalized spacial score (nSPS) is 14.3. The van der Waals surface area contributed by atoms with Crippen molar-refractivity contribution in [1.82, 2.24) is 0 Å². The highest BCUT2D eigenvalue weighted by Gasteiger charge is 2.28. The lowest BCUT2D eigenvalue weighted by Crippen LogP contribution is -2.11. The van der Waals surface area contributed by atoms with Crippen molar-refractivity contribution in [3.05, 3.63) is 88.9 Å². The molecular formula is C20H15ClN2O3S. The Morgan fingerprint density at radius 2 is 1.63 bits per heavy atom. The molecule has 27 heavy (non-hydrogen) atoms. The van der Waals surface area contributed by atoms with Gasteiger partial charge >= 0.3 is 0 Å². The minimum atomic E-state index is -3.64. The Hall–Kier alpha value is -2.83. The minimum Gasteiger partial charge on any atom is -0.489 e. The number of sulfonamides is 1. The molecule has 0 atom stereocenters. The van der Waals surface area contributed by atoms with Crippen molar-refractivity contribution >= 4 is 33.1 Å². The molecular weight excluding hydrogens is 384 g/mol. The van der Waals surface area contributed by atoms with Crippen LogP contribution in [0.15, 0.2) is 82.1 Å². The van der Waals surface area contributed by atoms with Gasteiger partial charge in [-0.15, -0.1) is 4.40 Å². The number of halogens is 1. The number of nitrogens with zero attached hydrogens (tertiary/aromatic N) is 1. The van der Waals surface area contributed by atoms with Crippen LogP contribution >= 0.6 is 11.6 Å². The molecule has 1 aliphatic heterocycles. The Balaban J connectivity index is 1.47. The summed E-state index contributed by atoms with van der Waals surface area (Å²) >= 11 is 6.12. The molecule has 0 amide bonds. The fourth-order valence-corrected chi connectivity index (χ4v) is 4.11. The second-order valence-electron chi connectivity index (χ2n) is 5.94. The molecule has 4 rings (SSSR count). The van der Waals surface area contributed by atoms with Gasteiger partial charge in [0.25, 0.3) is 10.0 Å². The Morgan fingerprint density at radius 3 is 2.41 bits per heavy atom. The molecule has 0 unspecified atom stereocenters. The number of nitrogens with one attached hydrogen (secondary N) is 1. The molecule has 0 aliphatic carbocycles. The molecule has 1 heterocycles. The number of ether oxygens (including phenoxy) is 1. The topological polar surface area (TPSA) is 67.8 Å². The molecule has 0 saturated heterocycles. The first-order chi connectivity index (χ1) is 13.0. The highest BCUT2D eigenvalue weighted by Crippen LogP contribution is 2.27. The Bertz CT molecular complexity index is 1130. The van der Waals surface area contributed by atoms with Crippen molar-refractivity contribution in [3.63, 3.8) is 0 Å². The van der Waals surface area contributed by atoms with Crippen LogP contribution in [0.1, 0.15) is 11.1 Å². The maximum Gasteiger partial charge on any atom is 0.285 e. The van der Waals surface area contributed by atoms with Crippen LogP contribution < -0.4 is 10.1 Å². The summed E-state index contributed by atoms with van der Waals surface area (Å²) in [6.45, 7) is 0.366. The zero-order chi connectivity index (χ0) is 18.9. The molecule has 3 aromatic rings. The standard InChI is InChI=1S/C20H15ClN2O3S/c21-18-7-3-1-5-14(18)13-26-16-11-9-15(10-12-16)22-20-17-6-2-4-8-19(17)27(24,25)23-20/h1-12H,13H2,(H,22,23). The zero-order valence-corrected chi connectivity index (χ0v) is 15.7. The first kappa shape index (κ1) is 17.6. The van der Waals surface area contributed by atoms with Gasteiger partial charge in [-0.25, -0.2) is 0 Å². The fraction of sp³-hybridized carbons (Fsp3) is 0.0500. The number of hydrogen-bond donors (Lipinski definition) is 1. The number of rotatable bonds is 4. The number of hydrogen-bond acceptors (Lipinski definition) is 4. The number of anilines is 1. The largest absolute Gasteiger partial charge is 0.489 e. The van der Waals surface area contributed by atoms with E-state index in [4.69, 9.17) is 16.3 Å². The summed E-state index contributed by atoms with van der Waals surface area (Å²) in [5.41, 5.74) is 2.19. The monoisotopic (exact) mass is 398 g/mol. The molecule has 7 heteroatoms. The summed E-state index contributed by atoms with van der Waals surface area (Å²) in [5.74, 6) is 0.997. The molecule has 0 spiro atoms. The van der Waals surface area contributed by atoms with Gasteiger partial charge in [0.2, 0.25) is 0 Å². The van der Waals surface area contributed by atoms with E-state index in [1.807, 2.05) is 24.3 Å². The molecule has 136 valence electrons. The molecule has 1 N–H and O–H groups in total. The number of amidine groups is 1. The van der Waals surface area contributed by atoms with Crippen molar-refractivity contribution in [2.24, 2.45) is 4.40 Å². The zero-order valence-electron chi connectivity index (χ0n) is 14.1. The molecule has 1 aliphatic rings. The maximum atomic E-state index is 12.1. The average molecular weight is 399 g/mol. The third kappa shape index (κ3) is 3.67. The highest BCUT2D eigenvalue weighted by molar-refractivity contribution is 7.90. The van der Waals surface area contributed by atoms with Gasteiger partial charge in [0.05, 0.1) is 0 Å². The first-order valence-electron chi connectivity index (χ1n) is 8.21. The summed E-state index contributed by atoms with van der Waals surface area (Å²) in [6, 6.07) is 21.5. The van der Waals surface area contributed by atoms with Crippen molar-refractivity contribution in [2.75, 3.05) is 5.32 Å². The Labute approximate surface area is 162 Å². The van der Waals surface area contributed by atoms with Gasteiger partial charge in [-0.05, 0) is 42.5 Å². The van der Waals surface area contributed by atoms with E-state index < -0.39 is 10.0 Å². The van der Waals surface area contributed by atoms with Crippen LogP contribution in [0.5, 0.6) is 5.75 Å².